The first-order valence-corrected chi connectivity index (χ1v) is 7.59. The lowest BCUT2D eigenvalue weighted by Crippen LogP contribution is -2.31. The minimum Gasteiger partial charge on any atom is -0.342 e. The van der Waals surface area contributed by atoms with Crippen molar-refractivity contribution >= 4 is 5.91 Å². The first-order valence-electron chi connectivity index (χ1n) is 7.59. The maximum atomic E-state index is 11.9. The minimum absolute atomic E-state index is 0.366. The van der Waals surface area contributed by atoms with Gasteiger partial charge in [0.05, 0.1) is 0 Å². The number of hydrogen-bond acceptors (Lipinski definition) is 2. The molecular formula is C15H30N2O. The van der Waals surface area contributed by atoms with Gasteiger partial charge < -0.3 is 10.2 Å². The van der Waals surface area contributed by atoms with Crippen molar-refractivity contribution in [3.8, 4) is 0 Å². The Morgan fingerprint density at radius 2 is 2.11 bits per heavy atom. The zero-order chi connectivity index (χ0) is 13.5. The quantitative estimate of drug-likeness (QED) is 0.722. The van der Waals surface area contributed by atoms with Crippen molar-refractivity contribution in [2.75, 3.05) is 19.6 Å². The molecule has 0 aromatic heterocycles. The van der Waals surface area contributed by atoms with E-state index in [0.29, 0.717) is 23.8 Å². The van der Waals surface area contributed by atoms with Gasteiger partial charge in [0.25, 0.3) is 0 Å². The molecule has 0 saturated carbocycles. The van der Waals surface area contributed by atoms with Crippen LogP contribution in [0.3, 0.4) is 0 Å². The molecular weight excluding hydrogens is 224 g/mol. The maximum Gasteiger partial charge on any atom is 0.222 e. The molecule has 1 rings (SSSR count). The molecule has 1 fully saturated rings. The van der Waals surface area contributed by atoms with Crippen LogP contribution >= 0.6 is 0 Å². The molecule has 1 aliphatic rings. The number of hydrogen-bond donors (Lipinski definition) is 1. The van der Waals surface area contributed by atoms with E-state index in [2.05, 4.69) is 37.9 Å². The van der Waals surface area contributed by atoms with Crippen LogP contribution in [0.25, 0.3) is 0 Å². The molecule has 0 bridgehead atoms. The van der Waals surface area contributed by atoms with Gasteiger partial charge in [-0.1, -0.05) is 27.7 Å². The molecule has 0 spiro atoms. The Morgan fingerprint density at radius 3 is 2.61 bits per heavy atom. The molecule has 0 aromatic rings. The molecule has 1 amide bonds. The van der Waals surface area contributed by atoms with E-state index in [-0.39, 0.29) is 0 Å². The van der Waals surface area contributed by atoms with Crippen molar-refractivity contribution < 1.29 is 4.79 Å². The topological polar surface area (TPSA) is 32.3 Å². The van der Waals surface area contributed by atoms with Gasteiger partial charge in [-0.05, 0) is 37.6 Å². The monoisotopic (exact) mass is 254 g/mol. The van der Waals surface area contributed by atoms with Gasteiger partial charge in [-0.15, -0.1) is 0 Å². The molecule has 0 aliphatic carbocycles. The molecule has 18 heavy (non-hydrogen) atoms. The van der Waals surface area contributed by atoms with Gasteiger partial charge in [-0.3, -0.25) is 4.79 Å². The maximum absolute atomic E-state index is 11.9. The average Bonchev–Trinajstić information content (AvgIpc) is 2.70. The largest absolute Gasteiger partial charge is 0.342 e. The van der Waals surface area contributed by atoms with E-state index in [1.807, 2.05) is 0 Å². The van der Waals surface area contributed by atoms with E-state index in [4.69, 9.17) is 0 Å². The summed E-state index contributed by atoms with van der Waals surface area (Å²) in [6.07, 6.45) is 4.25. The third-order valence-electron chi connectivity index (χ3n) is 4.15. The molecule has 1 saturated heterocycles. The van der Waals surface area contributed by atoms with Crippen LogP contribution in [-0.4, -0.2) is 36.5 Å². The Bertz CT molecular complexity index is 253. The van der Waals surface area contributed by atoms with Gasteiger partial charge in [-0.2, -0.15) is 0 Å². The summed E-state index contributed by atoms with van der Waals surface area (Å²) in [5.41, 5.74) is 0. The second kappa shape index (κ2) is 7.78. The number of carbonyl (C=O) groups is 1. The van der Waals surface area contributed by atoms with Crippen LogP contribution in [0.15, 0.2) is 0 Å². The molecule has 1 aliphatic heterocycles. The third-order valence-corrected chi connectivity index (χ3v) is 4.15. The number of likely N-dealkylation sites (tertiary alicyclic amines) is 1. The Balaban J connectivity index is 2.25. The predicted octanol–water partition coefficient (Wildman–Crippen LogP) is 2.66. The Kier molecular flexibility index (Phi) is 6.69. The Morgan fingerprint density at radius 1 is 1.39 bits per heavy atom. The second-order valence-electron chi connectivity index (χ2n) is 5.85. The lowest BCUT2D eigenvalue weighted by Gasteiger charge is -2.20. The van der Waals surface area contributed by atoms with E-state index in [0.717, 1.165) is 32.5 Å². The number of nitrogens with one attached hydrogen (secondary N) is 1. The van der Waals surface area contributed by atoms with Crippen molar-refractivity contribution in [2.24, 2.45) is 11.8 Å². The van der Waals surface area contributed by atoms with Gasteiger partial charge in [0.2, 0.25) is 5.91 Å². The predicted molar refractivity (Wildman–Crippen MR) is 76.5 cm³/mol. The highest BCUT2D eigenvalue weighted by molar-refractivity contribution is 5.78. The van der Waals surface area contributed by atoms with Crippen LogP contribution in [-0.2, 0) is 4.79 Å². The zero-order valence-electron chi connectivity index (χ0n) is 12.5. The first-order chi connectivity index (χ1) is 8.58. The molecule has 3 nitrogen and oxygen atoms in total. The van der Waals surface area contributed by atoms with Crippen LogP contribution in [0, 0.1) is 11.8 Å². The summed E-state index contributed by atoms with van der Waals surface area (Å²) in [5, 5.41) is 3.49. The summed E-state index contributed by atoms with van der Waals surface area (Å²) in [7, 11) is 0. The van der Waals surface area contributed by atoms with E-state index in [1.54, 1.807) is 0 Å². The fourth-order valence-corrected chi connectivity index (χ4v) is 2.73. The number of nitrogens with zero attached hydrogens (tertiary/aromatic N) is 1. The second-order valence-corrected chi connectivity index (χ2v) is 5.85. The van der Waals surface area contributed by atoms with Gasteiger partial charge in [0.15, 0.2) is 0 Å². The molecule has 106 valence electrons. The Hall–Kier alpha value is -0.570. The molecule has 2 unspecified atom stereocenters. The van der Waals surface area contributed by atoms with Gasteiger partial charge >= 0.3 is 0 Å². The highest BCUT2D eigenvalue weighted by atomic mass is 16.2. The van der Waals surface area contributed by atoms with Crippen LogP contribution < -0.4 is 5.32 Å². The highest BCUT2D eigenvalue weighted by Crippen LogP contribution is 2.24. The molecule has 1 N–H and O–H groups in total. The number of rotatable bonds is 8. The summed E-state index contributed by atoms with van der Waals surface area (Å²) in [6.45, 7) is 11.8. The van der Waals surface area contributed by atoms with Crippen molar-refractivity contribution in [1.29, 1.82) is 0 Å². The smallest absolute Gasteiger partial charge is 0.222 e. The van der Waals surface area contributed by atoms with E-state index in [1.165, 1.54) is 12.8 Å². The fraction of sp³-hybridized carbons (Fsp3) is 0.933. The molecule has 1 heterocycles. The van der Waals surface area contributed by atoms with Crippen molar-refractivity contribution in [1.82, 2.24) is 10.2 Å². The average molecular weight is 254 g/mol. The summed E-state index contributed by atoms with van der Waals surface area (Å²) in [5.74, 6) is 1.57. The minimum atomic E-state index is 0.366. The summed E-state index contributed by atoms with van der Waals surface area (Å²) in [6, 6.07) is 0.619. The van der Waals surface area contributed by atoms with Crippen molar-refractivity contribution in [2.45, 2.75) is 59.4 Å². The fourth-order valence-electron chi connectivity index (χ4n) is 2.73. The van der Waals surface area contributed by atoms with Crippen LogP contribution in [0.5, 0.6) is 0 Å². The van der Waals surface area contributed by atoms with Crippen LogP contribution in [0.4, 0.5) is 0 Å². The Labute approximate surface area is 112 Å². The summed E-state index contributed by atoms with van der Waals surface area (Å²) < 4.78 is 0. The van der Waals surface area contributed by atoms with Crippen molar-refractivity contribution in [3.05, 3.63) is 0 Å². The summed E-state index contributed by atoms with van der Waals surface area (Å²) >= 11 is 0. The normalized spacial score (nSPS) is 21.9. The van der Waals surface area contributed by atoms with Crippen LogP contribution in [0.1, 0.15) is 53.4 Å². The number of amides is 1. The number of carbonyl (C=O) groups excluding carboxylic acids is 1. The molecule has 0 aromatic carbocycles. The van der Waals surface area contributed by atoms with Gasteiger partial charge in [0.1, 0.15) is 0 Å². The van der Waals surface area contributed by atoms with E-state index < -0.39 is 0 Å². The molecule has 2 atom stereocenters. The lowest BCUT2D eigenvalue weighted by molar-refractivity contribution is -0.127. The zero-order valence-corrected chi connectivity index (χ0v) is 12.5. The van der Waals surface area contributed by atoms with Crippen LogP contribution in [0.2, 0.25) is 0 Å². The van der Waals surface area contributed by atoms with Gasteiger partial charge in [-0.25, -0.2) is 0 Å². The first kappa shape index (κ1) is 15.5. The standard InChI is InChI=1S/C15H30N2O/c1-5-14(16-6-2)8-7-9-17-11-13(12(3)4)10-15(17)18/h12-14,16H,5-11H2,1-4H3. The SMILES string of the molecule is CCNC(CC)CCCN1CC(C(C)C)CC1=O. The van der Waals surface area contributed by atoms with E-state index >= 15 is 0 Å². The summed E-state index contributed by atoms with van der Waals surface area (Å²) in [4.78, 5) is 13.9. The van der Waals surface area contributed by atoms with Gasteiger partial charge in [0, 0.05) is 25.6 Å². The van der Waals surface area contributed by atoms with E-state index in [9.17, 15) is 4.79 Å². The molecule has 3 heteroatoms. The lowest BCUT2D eigenvalue weighted by atomic mass is 9.95. The third kappa shape index (κ3) is 4.60. The highest BCUT2D eigenvalue weighted by Gasteiger charge is 2.30. The molecule has 0 radical (unpaired) electrons. The van der Waals surface area contributed by atoms with Crippen molar-refractivity contribution in [3.63, 3.8) is 0 Å².